The maximum absolute atomic E-state index is 15.7. The van der Waals surface area contributed by atoms with Gasteiger partial charge in [-0.2, -0.15) is 13.2 Å². The van der Waals surface area contributed by atoms with E-state index in [-0.39, 0.29) is 30.8 Å². The Labute approximate surface area is 206 Å². The van der Waals surface area contributed by atoms with Crippen molar-refractivity contribution >= 4 is 5.97 Å². The van der Waals surface area contributed by atoms with E-state index in [1.807, 2.05) is 0 Å². The molecule has 2 heterocycles. The van der Waals surface area contributed by atoms with Gasteiger partial charge in [-0.1, -0.05) is 0 Å². The highest BCUT2D eigenvalue weighted by atomic mass is 19.4. The molecule has 6 nitrogen and oxygen atoms in total. The van der Waals surface area contributed by atoms with Crippen molar-refractivity contribution in [3.05, 3.63) is 0 Å². The van der Waals surface area contributed by atoms with Crippen LogP contribution in [-0.4, -0.2) is 68.5 Å². The summed E-state index contributed by atoms with van der Waals surface area (Å²) in [6.45, 7) is 2.03. The van der Waals surface area contributed by atoms with E-state index in [9.17, 15) is 18.0 Å². The van der Waals surface area contributed by atoms with Gasteiger partial charge in [0.05, 0.1) is 25.4 Å². The molecule has 4 fully saturated rings. The van der Waals surface area contributed by atoms with Gasteiger partial charge in [0.1, 0.15) is 0 Å². The van der Waals surface area contributed by atoms with Gasteiger partial charge in [-0.05, 0) is 88.5 Å². The third kappa shape index (κ3) is 6.87. The second-order valence-electron chi connectivity index (χ2n) is 11.1. The highest BCUT2D eigenvalue weighted by molar-refractivity contribution is 5.69. The number of esters is 1. The molecule has 0 aromatic heterocycles. The molecule has 0 aromatic carbocycles. The third-order valence-corrected chi connectivity index (χ3v) is 9.01. The molecule has 4 atom stereocenters. The molecule has 10 heteroatoms. The van der Waals surface area contributed by atoms with E-state index >= 15 is 4.39 Å². The fourth-order valence-corrected chi connectivity index (χ4v) is 6.92. The highest BCUT2D eigenvalue weighted by Crippen LogP contribution is 2.43. The van der Waals surface area contributed by atoms with Gasteiger partial charge >= 0.3 is 12.1 Å². The quantitative estimate of drug-likeness (QED) is 0.359. The number of carbonyl (C=O) groups is 1. The van der Waals surface area contributed by atoms with E-state index in [1.165, 1.54) is 7.11 Å². The summed E-state index contributed by atoms with van der Waals surface area (Å²) in [5.74, 6) is -0.262. The molecular formula is C25H42F4N4O2. The molecule has 2 aliphatic heterocycles. The third-order valence-electron chi connectivity index (χ3n) is 9.01. The summed E-state index contributed by atoms with van der Waals surface area (Å²) in [6.07, 6.45) is 1.86. The molecular weight excluding hydrogens is 464 g/mol. The fraction of sp³-hybridized carbons (Fsp3) is 0.960. The van der Waals surface area contributed by atoms with Crippen molar-refractivity contribution in [1.82, 2.24) is 20.9 Å². The number of nitrogens with one attached hydrogen (secondary N) is 3. The first-order valence-electron chi connectivity index (χ1n) is 13.5. The monoisotopic (exact) mass is 506 g/mol. The molecule has 0 spiro atoms. The Kier molecular flexibility index (Phi) is 9.32. The average molecular weight is 507 g/mol. The van der Waals surface area contributed by atoms with Crippen LogP contribution < -0.4 is 16.0 Å². The van der Waals surface area contributed by atoms with Crippen LogP contribution in [0.2, 0.25) is 0 Å². The number of ether oxygens (including phenoxy) is 1. The number of halogens is 4. The largest absolute Gasteiger partial charge is 0.469 e. The summed E-state index contributed by atoms with van der Waals surface area (Å²) in [4.78, 5) is 13.7. The second kappa shape index (κ2) is 12.0. The van der Waals surface area contributed by atoms with Gasteiger partial charge in [0, 0.05) is 25.7 Å². The zero-order valence-electron chi connectivity index (χ0n) is 20.8. The molecule has 4 rings (SSSR count). The summed E-state index contributed by atoms with van der Waals surface area (Å²) >= 11 is 0. The van der Waals surface area contributed by atoms with Crippen LogP contribution in [0.15, 0.2) is 0 Å². The Balaban J connectivity index is 1.25. The summed E-state index contributed by atoms with van der Waals surface area (Å²) < 4.78 is 59.8. The van der Waals surface area contributed by atoms with Crippen molar-refractivity contribution in [1.29, 1.82) is 0 Å². The van der Waals surface area contributed by atoms with Crippen LogP contribution in [0.1, 0.15) is 70.6 Å². The Morgan fingerprint density at radius 2 is 1.69 bits per heavy atom. The van der Waals surface area contributed by atoms with Crippen LogP contribution >= 0.6 is 0 Å². The Bertz CT molecular complexity index is 681. The minimum absolute atomic E-state index is 0.148. The van der Waals surface area contributed by atoms with Gasteiger partial charge in [-0.15, -0.1) is 0 Å². The molecule has 4 unspecified atom stereocenters. The van der Waals surface area contributed by atoms with Crippen LogP contribution in [0.25, 0.3) is 0 Å². The predicted octanol–water partition coefficient (Wildman–Crippen LogP) is 3.92. The lowest BCUT2D eigenvalue weighted by atomic mass is 9.77. The van der Waals surface area contributed by atoms with Crippen molar-refractivity contribution < 1.29 is 27.1 Å². The van der Waals surface area contributed by atoms with E-state index in [0.717, 1.165) is 51.6 Å². The van der Waals surface area contributed by atoms with Crippen LogP contribution in [0.3, 0.4) is 0 Å². The molecule has 2 saturated carbocycles. The molecule has 0 bridgehead atoms. The Morgan fingerprint density at radius 3 is 2.34 bits per heavy atom. The maximum atomic E-state index is 15.7. The van der Waals surface area contributed by atoms with Gasteiger partial charge in [0.15, 0.2) is 6.17 Å². The van der Waals surface area contributed by atoms with Gasteiger partial charge in [0.25, 0.3) is 0 Å². The number of rotatable bonds is 7. The number of carbonyl (C=O) groups excluding carboxylic acids is 1. The first-order valence-corrected chi connectivity index (χ1v) is 13.5. The van der Waals surface area contributed by atoms with E-state index in [2.05, 4.69) is 20.9 Å². The van der Waals surface area contributed by atoms with E-state index < -0.39 is 30.6 Å². The number of likely N-dealkylation sites (tertiary alicyclic amines) is 1. The van der Waals surface area contributed by atoms with Crippen LogP contribution in [0.4, 0.5) is 17.6 Å². The fourth-order valence-electron chi connectivity index (χ4n) is 6.92. The van der Waals surface area contributed by atoms with Gasteiger partial charge < -0.3 is 4.74 Å². The average Bonchev–Trinajstić information content (AvgIpc) is 3.33. The molecule has 2 saturated heterocycles. The Morgan fingerprint density at radius 1 is 1.00 bits per heavy atom. The zero-order chi connectivity index (χ0) is 25.0. The van der Waals surface area contributed by atoms with Crippen molar-refractivity contribution in [2.45, 2.75) is 101 Å². The van der Waals surface area contributed by atoms with E-state index in [4.69, 9.17) is 4.74 Å². The second-order valence-corrected chi connectivity index (χ2v) is 11.1. The summed E-state index contributed by atoms with van der Waals surface area (Å²) in [6, 6.07) is 0.156. The first kappa shape index (κ1) is 27.1. The number of hydrogen-bond donors (Lipinski definition) is 3. The highest BCUT2D eigenvalue weighted by Gasteiger charge is 2.47. The van der Waals surface area contributed by atoms with E-state index in [1.54, 1.807) is 0 Å². The topological polar surface area (TPSA) is 65.6 Å². The summed E-state index contributed by atoms with van der Waals surface area (Å²) in [5, 5.41) is 9.91. The zero-order valence-corrected chi connectivity index (χ0v) is 20.8. The number of methoxy groups -OCH3 is 1. The van der Waals surface area contributed by atoms with Gasteiger partial charge in [-0.3, -0.25) is 25.6 Å². The molecule has 0 radical (unpaired) electrons. The lowest BCUT2D eigenvalue weighted by molar-refractivity contribution is -0.185. The van der Waals surface area contributed by atoms with Crippen LogP contribution in [-0.2, 0) is 9.53 Å². The molecule has 2 aliphatic carbocycles. The van der Waals surface area contributed by atoms with Crippen molar-refractivity contribution in [3.63, 3.8) is 0 Å². The standard InChI is InChI=1S/C25H42F4N4O2/c1-35-21(34)13-16-4-6-17(7-5-16)14-30-23-22(26)24(32-15-31-23)33-12-2-3-20(33)18-8-10-19(11-9-18)25(27,28)29/h16-20,22-24,30-32H,2-15H2,1H3. The van der Waals surface area contributed by atoms with Crippen molar-refractivity contribution in [3.8, 4) is 0 Å². The smallest absolute Gasteiger partial charge is 0.391 e. The molecule has 4 aliphatic rings. The molecule has 202 valence electrons. The summed E-state index contributed by atoms with van der Waals surface area (Å²) in [5.41, 5.74) is 0. The molecule has 35 heavy (non-hydrogen) atoms. The lowest BCUT2D eigenvalue weighted by Crippen LogP contribution is -2.69. The summed E-state index contributed by atoms with van der Waals surface area (Å²) in [7, 11) is 1.42. The van der Waals surface area contributed by atoms with Gasteiger partial charge in [-0.25, -0.2) is 4.39 Å². The normalized spacial score (nSPS) is 39.5. The van der Waals surface area contributed by atoms with Gasteiger partial charge in [0.2, 0.25) is 0 Å². The van der Waals surface area contributed by atoms with Crippen LogP contribution in [0, 0.1) is 23.7 Å². The molecule has 3 N–H and O–H groups in total. The minimum Gasteiger partial charge on any atom is -0.469 e. The molecule has 0 amide bonds. The minimum atomic E-state index is -4.10. The molecule has 0 aromatic rings. The van der Waals surface area contributed by atoms with E-state index in [0.29, 0.717) is 37.8 Å². The lowest BCUT2D eigenvalue weighted by Gasteiger charge is -2.45. The SMILES string of the molecule is COC(=O)CC1CCC(CNC2NCNC(N3CCCC3C3CCC(C(F)(F)F)CC3)C2F)CC1. The van der Waals surface area contributed by atoms with Crippen molar-refractivity contribution in [2.75, 3.05) is 26.9 Å². The number of alkyl halides is 4. The first-order chi connectivity index (χ1) is 16.8. The van der Waals surface area contributed by atoms with Crippen molar-refractivity contribution in [2.24, 2.45) is 23.7 Å². The number of nitrogens with zero attached hydrogens (tertiary/aromatic N) is 1. The Hall–Kier alpha value is -0.970. The maximum Gasteiger partial charge on any atom is 0.391 e. The number of hydrogen-bond acceptors (Lipinski definition) is 6. The predicted molar refractivity (Wildman–Crippen MR) is 125 cm³/mol. The van der Waals surface area contributed by atoms with Crippen LogP contribution in [0.5, 0.6) is 0 Å².